The van der Waals surface area contributed by atoms with Crippen LogP contribution in [0.5, 0.6) is 5.75 Å². The minimum atomic E-state index is 0.535. The first-order valence-corrected chi connectivity index (χ1v) is 9.71. The summed E-state index contributed by atoms with van der Waals surface area (Å²) in [6.45, 7) is 4.11. The Morgan fingerprint density at radius 3 is 3.00 bits per heavy atom. The van der Waals surface area contributed by atoms with Gasteiger partial charge in [0, 0.05) is 35.9 Å². The van der Waals surface area contributed by atoms with Crippen LogP contribution in [-0.4, -0.2) is 35.5 Å². The first-order chi connectivity index (χ1) is 12.7. The number of ether oxygens (including phenoxy) is 1. The number of imidazole rings is 1. The van der Waals surface area contributed by atoms with Crippen molar-refractivity contribution in [3.8, 4) is 5.75 Å². The second-order valence-corrected chi connectivity index (χ2v) is 6.93. The first kappa shape index (κ1) is 18.5. The second-order valence-electron chi connectivity index (χ2n) is 5.65. The molecular weight excluding hydrogens is 370 g/mol. The monoisotopic (exact) mass is 391 g/mol. The summed E-state index contributed by atoms with van der Waals surface area (Å²) >= 11 is 7.91. The molecule has 3 aromatic rings. The Labute approximate surface area is 161 Å². The van der Waals surface area contributed by atoms with E-state index in [9.17, 15) is 0 Å². The van der Waals surface area contributed by atoms with Crippen LogP contribution in [0.1, 0.15) is 18.2 Å². The topological polar surface area (TPSA) is 63.0 Å². The summed E-state index contributed by atoms with van der Waals surface area (Å²) in [7, 11) is 1.63. The number of methoxy groups -OCH3 is 1. The Kier molecular flexibility index (Phi) is 6.35. The molecule has 0 aliphatic heterocycles. The Morgan fingerprint density at radius 1 is 1.38 bits per heavy atom. The normalized spacial score (nSPS) is 11.7. The average molecular weight is 392 g/mol. The number of thiazole rings is 1. The van der Waals surface area contributed by atoms with E-state index in [0.29, 0.717) is 11.6 Å². The molecule has 0 unspecified atom stereocenters. The third kappa shape index (κ3) is 4.68. The number of benzene rings is 1. The highest BCUT2D eigenvalue weighted by molar-refractivity contribution is 7.15. The van der Waals surface area contributed by atoms with Crippen LogP contribution in [0.3, 0.4) is 0 Å². The minimum absolute atomic E-state index is 0.535. The molecule has 0 saturated heterocycles. The van der Waals surface area contributed by atoms with E-state index in [0.717, 1.165) is 47.4 Å². The van der Waals surface area contributed by atoms with Gasteiger partial charge in [0.2, 0.25) is 0 Å². The minimum Gasteiger partial charge on any atom is -0.497 e. The number of rotatable bonds is 7. The SMILES string of the molecule is CCNC(=NCc1cn2ccsc2n1)NCCc1ccc(OC)cc1Cl. The van der Waals surface area contributed by atoms with Crippen LogP contribution in [0.15, 0.2) is 41.0 Å². The van der Waals surface area contributed by atoms with Gasteiger partial charge in [-0.2, -0.15) is 0 Å². The van der Waals surface area contributed by atoms with E-state index >= 15 is 0 Å². The van der Waals surface area contributed by atoms with Crippen LogP contribution in [0, 0.1) is 0 Å². The van der Waals surface area contributed by atoms with Gasteiger partial charge >= 0.3 is 0 Å². The van der Waals surface area contributed by atoms with E-state index in [1.165, 1.54) is 0 Å². The van der Waals surface area contributed by atoms with Gasteiger partial charge in [0.15, 0.2) is 10.9 Å². The molecule has 0 amide bonds. The maximum Gasteiger partial charge on any atom is 0.193 e. The third-order valence-corrected chi connectivity index (χ3v) is 4.96. The number of aromatic nitrogens is 2. The molecule has 3 rings (SSSR count). The number of nitrogens with zero attached hydrogens (tertiary/aromatic N) is 3. The van der Waals surface area contributed by atoms with Gasteiger partial charge in [-0.1, -0.05) is 17.7 Å². The molecule has 8 heteroatoms. The summed E-state index contributed by atoms with van der Waals surface area (Å²) in [6, 6.07) is 5.75. The fourth-order valence-electron chi connectivity index (χ4n) is 2.53. The summed E-state index contributed by atoms with van der Waals surface area (Å²) in [5.41, 5.74) is 2.03. The molecule has 2 N–H and O–H groups in total. The highest BCUT2D eigenvalue weighted by atomic mass is 35.5. The predicted octanol–water partition coefficient (Wildman–Crippen LogP) is 3.36. The maximum atomic E-state index is 6.29. The van der Waals surface area contributed by atoms with E-state index in [2.05, 4.69) is 20.6 Å². The van der Waals surface area contributed by atoms with Gasteiger partial charge in [0.05, 0.1) is 19.3 Å². The lowest BCUT2D eigenvalue weighted by molar-refractivity contribution is 0.414. The van der Waals surface area contributed by atoms with Crippen molar-refractivity contribution in [1.82, 2.24) is 20.0 Å². The molecule has 0 atom stereocenters. The van der Waals surface area contributed by atoms with Gasteiger partial charge in [-0.05, 0) is 31.0 Å². The van der Waals surface area contributed by atoms with Crippen molar-refractivity contribution in [2.24, 2.45) is 4.99 Å². The lowest BCUT2D eigenvalue weighted by Gasteiger charge is -2.12. The summed E-state index contributed by atoms with van der Waals surface area (Å²) in [5.74, 6) is 1.54. The van der Waals surface area contributed by atoms with Crippen LogP contribution < -0.4 is 15.4 Å². The molecule has 0 spiro atoms. The molecule has 138 valence electrons. The summed E-state index contributed by atoms with van der Waals surface area (Å²) < 4.78 is 7.19. The molecule has 6 nitrogen and oxygen atoms in total. The van der Waals surface area contributed by atoms with E-state index in [1.807, 2.05) is 47.3 Å². The molecule has 0 saturated carbocycles. The fraction of sp³-hybridized carbons (Fsp3) is 0.333. The fourth-order valence-corrected chi connectivity index (χ4v) is 3.51. The molecule has 2 heterocycles. The van der Waals surface area contributed by atoms with Gasteiger partial charge in [-0.25, -0.2) is 9.98 Å². The zero-order valence-corrected chi connectivity index (χ0v) is 16.4. The molecule has 1 aromatic carbocycles. The standard InChI is InChI=1S/C18H22ClN5OS/c1-3-20-17(22-11-14-12-24-8-9-26-18(24)23-14)21-7-6-13-4-5-15(25-2)10-16(13)19/h4-5,8-10,12H,3,6-7,11H2,1-2H3,(H2,20,21,22). The van der Waals surface area contributed by atoms with Crippen LogP contribution in [0.4, 0.5) is 0 Å². The van der Waals surface area contributed by atoms with Crippen LogP contribution in [0.25, 0.3) is 4.96 Å². The van der Waals surface area contributed by atoms with Gasteiger partial charge in [-0.3, -0.25) is 4.40 Å². The van der Waals surface area contributed by atoms with E-state index in [1.54, 1.807) is 18.4 Å². The number of nitrogens with one attached hydrogen (secondary N) is 2. The van der Waals surface area contributed by atoms with Crippen molar-refractivity contribution in [2.45, 2.75) is 19.9 Å². The smallest absolute Gasteiger partial charge is 0.193 e. The Hall–Kier alpha value is -2.25. The Morgan fingerprint density at radius 2 is 2.27 bits per heavy atom. The average Bonchev–Trinajstić information content (AvgIpc) is 3.22. The van der Waals surface area contributed by atoms with Crippen molar-refractivity contribution in [1.29, 1.82) is 0 Å². The van der Waals surface area contributed by atoms with Crippen molar-refractivity contribution < 1.29 is 4.74 Å². The maximum absolute atomic E-state index is 6.29. The zero-order chi connectivity index (χ0) is 18.4. The van der Waals surface area contributed by atoms with Gasteiger partial charge < -0.3 is 15.4 Å². The molecule has 0 aliphatic carbocycles. The number of aliphatic imine (C=N–C) groups is 1. The van der Waals surface area contributed by atoms with Crippen molar-refractivity contribution in [3.63, 3.8) is 0 Å². The lowest BCUT2D eigenvalue weighted by atomic mass is 10.1. The number of guanidine groups is 1. The van der Waals surface area contributed by atoms with Crippen molar-refractivity contribution in [3.05, 3.63) is 52.3 Å². The lowest BCUT2D eigenvalue weighted by Crippen LogP contribution is -2.38. The van der Waals surface area contributed by atoms with Crippen molar-refractivity contribution >= 4 is 33.9 Å². The largest absolute Gasteiger partial charge is 0.497 e. The second kappa shape index (κ2) is 8.91. The molecule has 0 bridgehead atoms. The highest BCUT2D eigenvalue weighted by Crippen LogP contribution is 2.22. The van der Waals surface area contributed by atoms with E-state index in [4.69, 9.17) is 16.3 Å². The predicted molar refractivity (Wildman–Crippen MR) is 108 cm³/mol. The van der Waals surface area contributed by atoms with Crippen LogP contribution >= 0.6 is 22.9 Å². The van der Waals surface area contributed by atoms with Crippen LogP contribution in [-0.2, 0) is 13.0 Å². The third-order valence-electron chi connectivity index (χ3n) is 3.83. The van der Waals surface area contributed by atoms with Gasteiger partial charge in [-0.15, -0.1) is 11.3 Å². The number of fused-ring (bicyclic) bond motifs is 1. The van der Waals surface area contributed by atoms with Crippen LogP contribution in [0.2, 0.25) is 5.02 Å². The molecule has 0 aliphatic rings. The molecule has 0 fully saturated rings. The molecular formula is C18H22ClN5OS. The highest BCUT2D eigenvalue weighted by Gasteiger charge is 2.05. The summed E-state index contributed by atoms with van der Waals surface area (Å²) in [5, 5.41) is 9.33. The van der Waals surface area contributed by atoms with Crippen molar-refractivity contribution in [2.75, 3.05) is 20.2 Å². The van der Waals surface area contributed by atoms with E-state index < -0.39 is 0 Å². The van der Waals surface area contributed by atoms with Gasteiger partial charge in [0.25, 0.3) is 0 Å². The first-order valence-electron chi connectivity index (χ1n) is 8.45. The summed E-state index contributed by atoms with van der Waals surface area (Å²) in [6.07, 6.45) is 4.81. The number of hydrogen-bond donors (Lipinski definition) is 2. The molecule has 0 radical (unpaired) electrons. The summed E-state index contributed by atoms with van der Waals surface area (Å²) in [4.78, 5) is 10.1. The Balaban J connectivity index is 1.56. The Bertz CT molecular complexity index is 860. The zero-order valence-electron chi connectivity index (χ0n) is 14.8. The number of hydrogen-bond acceptors (Lipinski definition) is 4. The quantitative estimate of drug-likeness (QED) is 0.479. The number of halogens is 1. The molecule has 26 heavy (non-hydrogen) atoms. The molecule has 2 aromatic heterocycles. The van der Waals surface area contributed by atoms with E-state index in [-0.39, 0.29) is 0 Å². The van der Waals surface area contributed by atoms with Gasteiger partial charge in [0.1, 0.15) is 5.75 Å².